The zero-order valence-electron chi connectivity index (χ0n) is 10.6. The molecule has 0 spiro atoms. The Morgan fingerprint density at radius 3 is 3.00 bits per heavy atom. The van der Waals surface area contributed by atoms with Gasteiger partial charge in [0, 0.05) is 23.7 Å². The Balaban J connectivity index is 1.72. The van der Waals surface area contributed by atoms with E-state index in [1.165, 1.54) is 6.07 Å². The SMILES string of the molecule is C[C@H](NCc1cccc2c1OC(F)(F)O2)c1nccs1. The molecule has 0 amide bonds. The molecule has 1 atom stereocenters. The second-order valence-electron chi connectivity index (χ2n) is 4.38. The number of ether oxygens (including phenoxy) is 2. The van der Waals surface area contributed by atoms with Crippen molar-refractivity contribution in [1.82, 2.24) is 10.3 Å². The van der Waals surface area contributed by atoms with Crippen LogP contribution >= 0.6 is 11.3 Å². The number of halogens is 2. The van der Waals surface area contributed by atoms with E-state index in [4.69, 9.17) is 0 Å². The van der Waals surface area contributed by atoms with Crippen LogP contribution in [0.5, 0.6) is 11.5 Å². The molecule has 2 aromatic rings. The van der Waals surface area contributed by atoms with E-state index >= 15 is 0 Å². The molecule has 4 nitrogen and oxygen atoms in total. The van der Waals surface area contributed by atoms with Crippen molar-refractivity contribution < 1.29 is 18.3 Å². The van der Waals surface area contributed by atoms with Gasteiger partial charge in [-0.05, 0) is 13.0 Å². The summed E-state index contributed by atoms with van der Waals surface area (Å²) >= 11 is 1.54. The van der Waals surface area contributed by atoms with Gasteiger partial charge >= 0.3 is 6.29 Å². The molecular formula is C13H12F2N2O2S. The molecule has 0 saturated carbocycles. The minimum atomic E-state index is -3.58. The molecule has 0 bridgehead atoms. The van der Waals surface area contributed by atoms with Crippen LogP contribution in [-0.2, 0) is 6.54 Å². The fourth-order valence-electron chi connectivity index (χ4n) is 1.96. The van der Waals surface area contributed by atoms with Crippen molar-refractivity contribution in [3.05, 3.63) is 40.3 Å². The van der Waals surface area contributed by atoms with Crippen molar-refractivity contribution in [2.24, 2.45) is 0 Å². The smallest absolute Gasteiger partial charge is 0.395 e. The standard InChI is InChI=1S/C13H12F2N2O2S/c1-8(12-16-5-6-20-12)17-7-9-3-2-4-10-11(9)19-13(14,15)18-10/h2-6,8,17H,7H2,1H3/t8-/m0/s1. The van der Waals surface area contributed by atoms with Crippen LogP contribution in [0.4, 0.5) is 8.78 Å². The fourth-order valence-corrected chi connectivity index (χ4v) is 2.63. The first-order chi connectivity index (χ1) is 9.55. The molecule has 1 N–H and O–H groups in total. The van der Waals surface area contributed by atoms with Gasteiger partial charge in [-0.1, -0.05) is 12.1 Å². The average Bonchev–Trinajstić information content (AvgIpc) is 3.01. The van der Waals surface area contributed by atoms with Crippen LogP contribution in [0.1, 0.15) is 23.5 Å². The number of rotatable bonds is 4. The lowest BCUT2D eigenvalue weighted by molar-refractivity contribution is -0.286. The number of hydrogen-bond donors (Lipinski definition) is 1. The summed E-state index contributed by atoms with van der Waals surface area (Å²) in [4.78, 5) is 4.20. The number of nitrogens with one attached hydrogen (secondary N) is 1. The van der Waals surface area contributed by atoms with Gasteiger partial charge in [0.1, 0.15) is 5.01 Å². The van der Waals surface area contributed by atoms with Crippen molar-refractivity contribution in [2.45, 2.75) is 25.8 Å². The number of nitrogens with zero attached hydrogens (tertiary/aromatic N) is 1. The largest absolute Gasteiger partial charge is 0.586 e. The van der Waals surface area contributed by atoms with Gasteiger partial charge in [-0.25, -0.2) is 4.98 Å². The fraction of sp³-hybridized carbons (Fsp3) is 0.308. The predicted molar refractivity (Wildman–Crippen MR) is 70.0 cm³/mol. The van der Waals surface area contributed by atoms with E-state index in [-0.39, 0.29) is 17.5 Å². The Hall–Kier alpha value is -1.73. The number of para-hydroxylation sites is 1. The highest BCUT2D eigenvalue weighted by atomic mass is 32.1. The van der Waals surface area contributed by atoms with E-state index in [9.17, 15) is 8.78 Å². The van der Waals surface area contributed by atoms with E-state index in [0.717, 1.165) is 5.01 Å². The van der Waals surface area contributed by atoms with Gasteiger partial charge in [-0.3, -0.25) is 0 Å². The zero-order chi connectivity index (χ0) is 14.2. The summed E-state index contributed by atoms with van der Waals surface area (Å²) in [6.07, 6.45) is -1.85. The van der Waals surface area contributed by atoms with E-state index in [1.807, 2.05) is 12.3 Å². The van der Waals surface area contributed by atoms with Crippen molar-refractivity contribution in [1.29, 1.82) is 0 Å². The quantitative estimate of drug-likeness (QED) is 0.940. The third-order valence-corrected chi connectivity index (χ3v) is 3.89. The molecule has 7 heteroatoms. The highest BCUT2D eigenvalue weighted by Gasteiger charge is 2.44. The molecule has 0 radical (unpaired) electrons. The number of fused-ring (bicyclic) bond motifs is 1. The maximum atomic E-state index is 13.1. The topological polar surface area (TPSA) is 43.4 Å². The number of thiazole rings is 1. The van der Waals surface area contributed by atoms with E-state index in [0.29, 0.717) is 12.1 Å². The molecule has 0 unspecified atom stereocenters. The van der Waals surface area contributed by atoms with E-state index < -0.39 is 6.29 Å². The average molecular weight is 298 g/mol. The van der Waals surface area contributed by atoms with Crippen molar-refractivity contribution >= 4 is 11.3 Å². The minimum Gasteiger partial charge on any atom is -0.395 e. The number of alkyl halides is 2. The van der Waals surface area contributed by atoms with E-state index in [1.54, 1.807) is 29.7 Å². The Morgan fingerprint density at radius 1 is 1.40 bits per heavy atom. The summed E-state index contributed by atoms with van der Waals surface area (Å²) < 4.78 is 35.1. The first-order valence-corrected chi connectivity index (χ1v) is 6.93. The van der Waals surface area contributed by atoms with Crippen molar-refractivity contribution in [3.63, 3.8) is 0 Å². The Bertz CT molecular complexity index is 604. The second-order valence-corrected chi connectivity index (χ2v) is 5.31. The van der Waals surface area contributed by atoms with Crippen molar-refractivity contribution in [2.75, 3.05) is 0 Å². The Morgan fingerprint density at radius 2 is 2.25 bits per heavy atom. The molecular weight excluding hydrogens is 286 g/mol. The lowest BCUT2D eigenvalue weighted by Gasteiger charge is -2.12. The summed E-state index contributed by atoms with van der Waals surface area (Å²) in [6.45, 7) is 2.36. The van der Waals surface area contributed by atoms with Crippen LogP contribution in [0.3, 0.4) is 0 Å². The molecule has 1 aliphatic rings. The third-order valence-electron chi connectivity index (χ3n) is 2.93. The van der Waals surface area contributed by atoms with Crippen LogP contribution in [0.25, 0.3) is 0 Å². The lowest BCUT2D eigenvalue weighted by atomic mass is 10.2. The predicted octanol–water partition coefficient (Wildman–Crippen LogP) is 3.32. The molecule has 3 rings (SSSR count). The molecule has 1 aromatic carbocycles. The monoisotopic (exact) mass is 298 g/mol. The molecule has 0 fully saturated rings. The molecule has 1 aliphatic heterocycles. The second kappa shape index (κ2) is 4.99. The lowest BCUT2D eigenvalue weighted by Crippen LogP contribution is -2.26. The first kappa shape index (κ1) is 13.3. The third kappa shape index (κ3) is 2.59. The number of hydrogen-bond acceptors (Lipinski definition) is 5. The summed E-state index contributed by atoms with van der Waals surface area (Å²) in [5.41, 5.74) is 0.628. The van der Waals surface area contributed by atoms with Crippen LogP contribution in [0.15, 0.2) is 29.8 Å². The van der Waals surface area contributed by atoms with Crippen LogP contribution in [0, 0.1) is 0 Å². The number of aromatic nitrogens is 1. The Labute approximate surface area is 118 Å². The highest BCUT2D eigenvalue weighted by Crippen LogP contribution is 2.43. The maximum Gasteiger partial charge on any atom is 0.586 e. The van der Waals surface area contributed by atoms with Crippen LogP contribution in [0.2, 0.25) is 0 Å². The minimum absolute atomic E-state index is 0.0358. The van der Waals surface area contributed by atoms with Crippen molar-refractivity contribution in [3.8, 4) is 11.5 Å². The molecule has 20 heavy (non-hydrogen) atoms. The molecule has 106 valence electrons. The van der Waals surface area contributed by atoms with Gasteiger partial charge in [-0.15, -0.1) is 20.1 Å². The highest BCUT2D eigenvalue weighted by molar-refractivity contribution is 7.09. The number of benzene rings is 1. The van der Waals surface area contributed by atoms with Gasteiger partial charge in [0.05, 0.1) is 6.04 Å². The van der Waals surface area contributed by atoms with Gasteiger partial charge in [0.2, 0.25) is 0 Å². The van der Waals surface area contributed by atoms with Gasteiger partial charge < -0.3 is 14.8 Å². The van der Waals surface area contributed by atoms with Crippen LogP contribution < -0.4 is 14.8 Å². The Kier molecular flexibility index (Phi) is 3.31. The normalized spacial score (nSPS) is 17.1. The summed E-state index contributed by atoms with van der Waals surface area (Å²) in [5.74, 6) is 0.160. The van der Waals surface area contributed by atoms with Gasteiger partial charge in [0.15, 0.2) is 11.5 Å². The summed E-state index contributed by atoms with van der Waals surface area (Å²) in [7, 11) is 0. The van der Waals surface area contributed by atoms with E-state index in [2.05, 4.69) is 19.8 Å². The maximum absolute atomic E-state index is 13.1. The summed E-state index contributed by atoms with van der Waals surface area (Å²) in [6, 6.07) is 4.89. The molecule has 0 saturated heterocycles. The molecule has 1 aromatic heterocycles. The molecule has 0 aliphatic carbocycles. The summed E-state index contributed by atoms with van der Waals surface area (Å²) in [5, 5.41) is 6.06. The van der Waals surface area contributed by atoms with Gasteiger partial charge in [-0.2, -0.15) is 0 Å². The van der Waals surface area contributed by atoms with Crippen LogP contribution in [-0.4, -0.2) is 11.3 Å². The molecule has 2 heterocycles. The zero-order valence-corrected chi connectivity index (χ0v) is 11.4. The first-order valence-electron chi connectivity index (χ1n) is 6.06. The van der Waals surface area contributed by atoms with Gasteiger partial charge in [0.25, 0.3) is 0 Å².